The van der Waals surface area contributed by atoms with Crippen molar-refractivity contribution in [2.75, 3.05) is 52.4 Å². The van der Waals surface area contributed by atoms with Crippen molar-refractivity contribution in [1.29, 1.82) is 10.5 Å². The van der Waals surface area contributed by atoms with Crippen molar-refractivity contribution in [3.63, 3.8) is 0 Å². The van der Waals surface area contributed by atoms with Crippen LogP contribution in [0.1, 0.15) is 55.4 Å². The van der Waals surface area contributed by atoms with Crippen LogP contribution < -0.4 is 0 Å². The Hall–Kier alpha value is -1.10. The highest BCUT2D eigenvalue weighted by atomic mass is 15.3. The van der Waals surface area contributed by atoms with Gasteiger partial charge in [-0.15, -0.1) is 0 Å². The largest absolute Gasteiger partial charge is 0.512 e. The summed E-state index contributed by atoms with van der Waals surface area (Å²) in [5.41, 5.74) is 0. The maximum atomic E-state index is 6.25. The molecule has 0 unspecified atom stereocenters. The van der Waals surface area contributed by atoms with Crippen LogP contribution in [0.2, 0.25) is 0 Å². The molecule has 0 aromatic heterocycles. The summed E-state index contributed by atoms with van der Waals surface area (Å²) in [5, 5.41) is 12.5. The quantitative estimate of drug-likeness (QED) is 0.503. The van der Waals surface area contributed by atoms with Gasteiger partial charge in [0.15, 0.2) is 0 Å². The Bertz CT molecular complexity index is 177. The fourth-order valence-corrected chi connectivity index (χ4v) is 2.68. The average Bonchev–Trinajstić information content (AvgIpc) is 2.64. The Morgan fingerprint density at radius 3 is 0.500 bits per heavy atom. The molecule has 132 valence electrons. The molecule has 0 aliphatic carbocycles. The molecule has 0 N–H and O–H groups in total. The number of hydrogen-bond donors (Lipinski definition) is 0. The van der Waals surface area contributed by atoms with Crippen LogP contribution in [0.3, 0.4) is 0 Å². The van der Waals surface area contributed by atoms with E-state index in [1.165, 1.54) is 61.3 Å². The first-order valence-electron chi connectivity index (χ1n) is 8.63. The number of nitrogens with zero attached hydrogens (tertiary/aromatic N) is 4. The third kappa shape index (κ3) is 11.5. The molecule has 0 saturated carbocycles. The fraction of sp³-hybridized carbons (Fsp3) is 0.889. The van der Waals surface area contributed by atoms with E-state index < -0.39 is 0 Å². The summed E-state index contributed by atoms with van der Waals surface area (Å²) in [5.74, 6) is 0. The van der Waals surface area contributed by atoms with Crippen molar-refractivity contribution in [3.05, 3.63) is 13.1 Å². The third-order valence-corrected chi connectivity index (χ3v) is 5.37. The predicted molar refractivity (Wildman–Crippen MR) is 94.8 cm³/mol. The molecule has 0 saturated heterocycles. The summed E-state index contributed by atoms with van der Waals surface area (Å²) in [6, 6.07) is 0. The van der Waals surface area contributed by atoms with E-state index in [0.29, 0.717) is 0 Å². The van der Waals surface area contributed by atoms with Crippen LogP contribution in [0.25, 0.3) is 0 Å². The first-order chi connectivity index (χ1) is 10.5. The molecule has 0 amide bonds. The van der Waals surface area contributed by atoms with Gasteiger partial charge in [0.1, 0.15) is 0 Å². The minimum Gasteiger partial charge on any atom is -0.512 e. The van der Waals surface area contributed by atoms with Gasteiger partial charge in [0, 0.05) is 0 Å². The normalized spacial score (nSPS) is 10.0. The minimum absolute atomic E-state index is 1.28. The molecule has 0 aliphatic rings. The van der Waals surface area contributed by atoms with Gasteiger partial charge in [-0.2, -0.15) is 0 Å². The van der Waals surface area contributed by atoms with Crippen LogP contribution in [0.4, 0.5) is 0 Å². The van der Waals surface area contributed by atoms with E-state index in [-0.39, 0.29) is 0 Å². The second-order valence-corrected chi connectivity index (χ2v) is 5.21. The first-order valence-corrected chi connectivity index (χ1v) is 8.63. The lowest BCUT2D eigenvalue weighted by molar-refractivity contribution is -0.921. The molecule has 0 heterocycles. The zero-order valence-electron chi connectivity index (χ0n) is 16.4. The van der Waals surface area contributed by atoms with Crippen molar-refractivity contribution >= 4 is 0 Å². The van der Waals surface area contributed by atoms with Crippen LogP contribution in [0.5, 0.6) is 0 Å². The summed E-state index contributed by atoms with van der Waals surface area (Å²) in [7, 11) is 0. The summed E-state index contributed by atoms with van der Waals surface area (Å²) >= 11 is 0. The van der Waals surface area contributed by atoms with Crippen molar-refractivity contribution in [1.82, 2.24) is 0 Å². The molecule has 22 heavy (non-hydrogen) atoms. The lowest BCUT2D eigenvalue weighted by Gasteiger charge is -2.34. The van der Waals surface area contributed by atoms with Crippen LogP contribution in [0, 0.1) is 23.7 Å². The second-order valence-electron chi connectivity index (χ2n) is 5.21. The van der Waals surface area contributed by atoms with Gasteiger partial charge in [0.05, 0.1) is 52.4 Å². The van der Waals surface area contributed by atoms with E-state index in [2.05, 4.69) is 55.4 Å². The van der Waals surface area contributed by atoms with E-state index in [1.807, 2.05) is 0 Å². The zero-order valence-corrected chi connectivity index (χ0v) is 16.4. The van der Waals surface area contributed by atoms with Gasteiger partial charge in [-0.1, -0.05) is 0 Å². The first kappa shape index (κ1) is 29.0. The van der Waals surface area contributed by atoms with Gasteiger partial charge < -0.3 is 32.6 Å². The molecular formula is C18H40N4. The van der Waals surface area contributed by atoms with Gasteiger partial charge in [0.25, 0.3) is 0 Å². The Labute approximate surface area is 141 Å². The van der Waals surface area contributed by atoms with Crippen LogP contribution in [-0.2, 0) is 0 Å². The molecule has 0 bridgehead atoms. The van der Waals surface area contributed by atoms with E-state index >= 15 is 0 Å². The van der Waals surface area contributed by atoms with Gasteiger partial charge in [-0.25, -0.2) is 0 Å². The van der Waals surface area contributed by atoms with Crippen LogP contribution >= 0.6 is 0 Å². The molecule has 0 aliphatic heterocycles. The number of quaternary nitrogens is 2. The molecule has 0 aromatic carbocycles. The topological polar surface area (TPSA) is 47.6 Å². The maximum absolute atomic E-state index is 6.25. The van der Waals surface area contributed by atoms with Gasteiger partial charge in [-0.3, -0.25) is 0 Å². The second kappa shape index (κ2) is 19.9. The predicted octanol–water partition coefficient (Wildman–Crippen LogP) is 3.96. The molecule has 0 aromatic rings. The highest BCUT2D eigenvalue weighted by Crippen LogP contribution is 2.03. The molecule has 0 atom stereocenters. The highest BCUT2D eigenvalue weighted by molar-refractivity contribution is 4.31. The van der Waals surface area contributed by atoms with Gasteiger partial charge >= 0.3 is 0 Å². The summed E-state index contributed by atoms with van der Waals surface area (Å²) in [4.78, 5) is 0. The Morgan fingerprint density at radius 2 is 0.500 bits per heavy atom. The standard InChI is InChI=1S/2C8H20N.2CN/c2*1-5-9(6-2,7-3)8-4;2*1-2/h2*5-8H2,1-4H3;;/q2*+1;2*-1. The van der Waals surface area contributed by atoms with Crippen molar-refractivity contribution in [2.24, 2.45) is 0 Å². The third-order valence-electron chi connectivity index (χ3n) is 5.37. The number of hydrogen-bond acceptors (Lipinski definition) is 2. The highest BCUT2D eigenvalue weighted by Gasteiger charge is 2.16. The SMILES string of the molecule is CC[N+](CC)(CC)CC.CC[N+](CC)(CC)CC.[C-]#N.[C-]#N. The fourth-order valence-electron chi connectivity index (χ4n) is 2.68. The van der Waals surface area contributed by atoms with Crippen molar-refractivity contribution in [3.8, 4) is 0 Å². The summed E-state index contributed by atoms with van der Waals surface area (Å²) in [6.07, 6.45) is 0. The summed E-state index contributed by atoms with van der Waals surface area (Å²) in [6.45, 7) is 37.9. The van der Waals surface area contributed by atoms with Crippen LogP contribution in [0.15, 0.2) is 0 Å². The lowest BCUT2D eigenvalue weighted by atomic mass is 10.3. The van der Waals surface area contributed by atoms with Crippen molar-refractivity contribution < 1.29 is 8.97 Å². The molecule has 0 fully saturated rings. The average molecular weight is 313 g/mol. The molecule has 0 spiro atoms. The lowest BCUT2D eigenvalue weighted by Crippen LogP contribution is -2.47. The zero-order chi connectivity index (χ0) is 18.7. The molecular weight excluding hydrogens is 272 g/mol. The van der Waals surface area contributed by atoms with E-state index in [9.17, 15) is 0 Å². The summed E-state index contributed by atoms with van der Waals surface area (Å²) < 4.78 is 2.56. The Balaban J connectivity index is -0.000000120. The molecule has 4 heteroatoms. The van der Waals surface area contributed by atoms with Gasteiger partial charge in [-0.05, 0) is 55.4 Å². The maximum Gasteiger partial charge on any atom is 0.0757 e. The van der Waals surface area contributed by atoms with E-state index in [4.69, 9.17) is 23.7 Å². The number of rotatable bonds is 8. The van der Waals surface area contributed by atoms with E-state index in [0.717, 1.165) is 0 Å². The molecule has 4 nitrogen and oxygen atoms in total. The molecule has 0 radical (unpaired) electrons. The van der Waals surface area contributed by atoms with Crippen molar-refractivity contribution in [2.45, 2.75) is 55.4 Å². The van der Waals surface area contributed by atoms with E-state index in [1.54, 1.807) is 0 Å². The van der Waals surface area contributed by atoms with Crippen LogP contribution in [-0.4, -0.2) is 61.3 Å². The monoisotopic (exact) mass is 312 g/mol. The molecule has 0 rings (SSSR count). The van der Waals surface area contributed by atoms with Gasteiger partial charge in [0.2, 0.25) is 0 Å². The Kier molecular flexibility index (Phi) is 26.2. The minimum atomic E-state index is 1.28. The Morgan fingerprint density at radius 1 is 0.409 bits per heavy atom. The smallest absolute Gasteiger partial charge is 0.0757 e.